The van der Waals surface area contributed by atoms with Gasteiger partial charge in [0.05, 0.1) is 36.1 Å². The minimum absolute atomic E-state index is 0. The second-order valence-corrected chi connectivity index (χ2v) is 5.83. The van der Waals surface area contributed by atoms with Crippen molar-refractivity contribution in [3.8, 4) is 0 Å². The number of aliphatic carboxylic acids is 1. The molecule has 108 valence electrons. The summed E-state index contributed by atoms with van der Waals surface area (Å²) in [5.41, 5.74) is 1.24. The van der Waals surface area contributed by atoms with Gasteiger partial charge in [0.25, 0.3) is 5.91 Å². The number of carboxylic acids is 1. The van der Waals surface area contributed by atoms with Crippen molar-refractivity contribution in [1.82, 2.24) is 9.96 Å². The van der Waals surface area contributed by atoms with Crippen LogP contribution in [0.2, 0.25) is 0 Å². The van der Waals surface area contributed by atoms with Crippen LogP contribution >= 0.6 is 11.8 Å². The van der Waals surface area contributed by atoms with E-state index in [4.69, 9.17) is 4.84 Å². The van der Waals surface area contributed by atoms with Gasteiger partial charge in [-0.1, -0.05) is 0 Å². The summed E-state index contributed by atoms with van der Waals surface area (Å²) in [6, 6.07) is 0. The van der Waals surface area contributed by atoms with Crippen molar-refractivity contribution in [3.63, 3.8) is 0 Å². The maximum absolute atomic E-state index is 12.1. The first kappa shape index (κ1) is 15.8. The number of nitrogens with zero attached hydrogens (tertiary/aromatic N) is 3. The number of hydrogen-bond acceptors (Lipinski definition) is 7. The number of carboxylic acid groups (broad SMARTS) is 1. The maximum atomic E-state index is 12.1. The van der Waals surface area contributed by atoms with E-state index in [1.807, 2.05) is 6.08 Å². The van der Waals surface area contributed by atoms with Gasteiger partial charge in [-0.05, 0) is 24.0 Å². The van der Waals surface area contributed by atoms with Crippen LogP contribution in [-0.2, 0) is 14.4 Å². The Kier molecular flexibility index (Phi) is 4.21. The summed E-state index contributed by atoms with van der Waals surface area (Å²) in [6.45, 7) is 1.13. The van der Waals surface area contributed by atoms with Gasteiger partial charge in [-0.2, -0.15) is 0 Å². The van der Waals surface area contributed by atoms with Gasteiger partial charge < -0.3 is 9.90 Å². The molecular formula is C13H10N3NaO4S. The summed E-state index contributed by atoms with van der Waals surface area (Å²) in [7, 11) is 0. The van der Waals surface area contributed by atoms with Crippen LogP contribution in [0.4, 0.5) is 0 Å². The molecule has 22 heavy (non-hydrogen) atoms. The summed E-state index contributed by atoms with van der Waals surface area (Å²) in [6.07, 6.45) is 4.54. The van der Waals surface area contributed by atoms with Gasteiger partial charge in [0.2, 0.25) is 0 Å². The zero-order chi connectivity index (χ0) is 14.6. The second kappa shape index (κ2) is 5.86. The van der Waals surface area contributed by atoms with Crippen molar-refractivity contribution in [2.45, 2.75) is 11.8 Å². The second-order valence-electron chi connectivity index (χ2n) is 4.88. The standard InChI is InChI=1S/C13H11N3O4S.Na/c17-11-8(12-16(11)9(6-21-12)13(18)19)4-7-5-15-10(14-7)2-1-3-20-15;/h2,4,6,12H,1,3,5H2,(H,18,19);/q;+1/p-1/b8-4+;. The van der Waals surface area contributed by atoms with E-state index >= 15 is 0 Å². The number of β-lactam (4-membered cyclic amide) rings is 1. The van der Waals surface area contributed by atoms with Gasteiger partial charge in [0.1, 0.15) is 11.2 Å². The molecule has 0 aromatic rings. The molecule has 4 rings (SSSR count). The predicted octanol–water partition coefficient (Wildman–Crippen LogP) is -3.64. The zero-order valence-corrected chi connectivity index (χ0v) is 14.6. The summed E-state index contributed by atoms with van der Waals surface area (Å²) in [4.78, 5) is 34.1. The molecule has 1 unspecified atom stereocenters. The molecule has 0 N–H and O–H groups in total. The number of thioether (sulfide) groups is 1. The molecule has 1 atom stereocenters. The molecule has 0 aromatic carbocycles. The van der Waals surface area contributed by atoms with Crippen molar-refractivity contribution in [1.29, 1.82) is 0 Å². The number of carbonyl (C=O) groups is 2. The number of hydroxylamine groups is 2. The van der Waals surface area contributed by atoms with Gasteiger partial charge in [-0.3, -0.25) is 14.5 Å². The van der Waals surface area contributed by atoms with E-state index in [2.05, 4.69) is 4.99 Å². The van der Waals surface area contributed by atoms with Crippen LogP contribution in [0.1, 0.15) is 6.42 Å². The first-order valence-corrected chi connectivity index (χ1v) is 7.40. The fourth-order valence-electron chi connectivity index (χ4n) is 2.59. The molecule has 0 saturated carbocycles. The van der Waals surface area contributed by atoms with Gasteiger partial charge >= 0.3 is 29.6 Å². The smallest absolute Gasteiger partial charge is 0.543 e. The summed E-state index contributed by atoms with van der Waals surface area (Å²) >= 11 is 1.29. The maximum Gasteiger partial charge on any atom is 1.00 e. The first-order valence-electron chi connectivity index (χ1n) is 6.45. The van der Waals surface area contributed by atoms with Crippen LogP contribution < -0.4 is 34.7 Å². The first-order chi connectivity index (χ1) is 10.1. The van der Waals surface area contributed by atoms with Crippen molar-refractivity contribution in [2.75, 3.05) is 13.2 Å². The van der Waals surface area contributed by atoms with E-state index in [1.165, 1.54) is 22.1 Å². The number of hydrogen-bond donors (Lipinski definition) is 0. The predicted molar refractivity (Wildman–Crippen MR) is 72.2 cm³/mol. The average molecular weight is 327 g/mol. The Labute approximate surface area is 152 Å². The molecule has 1 saturated heterocycles. The molecule has 0 aromatic heterocycles. The van der Waals surface area contributed by atoms with Gasteiger partial charge in [0, 0.05) is 0 Å². The number of aliphatic imine (C=N–C) groups is 1. The third-order valence-electron chi connectivity index (χ3n) is 3.58. The number of rotatable bonds is 2. The Morgan fingerprint density at radius 2 is 2.36 bits per heavy atom. The van der Waals surface area contributed by atoms with Crippen LogP contribution in [0, 0.1) is 0 Å². The monoisotopic (exact) mass is 327 g/mol. The summed E-state index contributed by atoms with van der Waals surface area (Å²) in [5.74, 6) is -0.862. The molecule has 9 heteroatoms. The van der Waals surface area contributed by atoms with E-state index in [9.17, 15) is 14.7 Å². The Balaban J connectivity index is 0.00000144. The normalized spacial score (nSPS) is 27.5. The minimum atomic E-state index is -1.33. The van der Waals surface area contributed by atoms with Crippen molar-refractivity contribution in [2.24, 2.45) is 4.99 Å². The third-order valence-corrected chi connectivity index (χ3v) is 4.66. The van der Waals surface area contributed by atoms with E-state index in [1.54, 1.807) is 11.1 Å². The van der Waals surface area contributed by atoms with Crippen molar-refractivity contribution < 1.29 is 49.1 Å². The van der Waals surface area contributed by atoms with E-state index < -0.39 is 5.97 Å². The number of fused-ring (bicyclic) bond motifs is 2. The molecule has 0 spiro atoms. The molecule has 4 aliphatic heterocycles. The SMILES string of the molecule is O=C([O-])C1=CSC2/C(=C/C3=NC4=CCCON4C3)C(=O)N12.[Na+]. The quantitative estimate of drug-likeness (QED) is 0.295. The Morgan fingerprint density at radius 1 is 1.55 bits per heavy atom. The number of carbonyl (C=O) groups excluding carboxylic acids is 2. The fraction of sp³-hybridized carbons (Fsp3) is 0.308. The van der Waals surface area contributed by atoms with E-state index in [0.717, 1.165) is 18.0 Å². The molecule has 0 radical (unpaired) electrons. The average Bonchev–Trinajstić information content (AvgIpc) is 3.05. The summed E-state index contributed by atoms with van der Waals surface area (Å²) < 4.78 is 0. The molecule has 7 nitrogen and oxygen atoms in total. The Morgan fingerprint density at radius 3 is 3.09 bits per heavy atom. The zero-order valence-electron chi connectivity index (χ0n) is 11.8. The minimum Gasteiger partial charge on any atom is -0.543 e. The molecular weight excluding hydrogens is 317 g/mol. The van der Waals surface area contributed by atoms with E-state index in [0.29, 0.717) is 18.7 Å². The van der Waals surface area contributed by atoms with Crippen LogP contribution in [0.25, 0.3) is 0 Å². The van der Waals surface area contributed by atoms with Crippen LogP contribution in [0.15, 0.2) is 39.6 Å². The largest absolute Gasteiger partial charge is 1.00 e. The molecule has 1 fully saturated rings. The molecule has 0 aliphatic carbocycles. The van der Waals surface area contributed by atoms with Gasteiger partial charge in [0.15, 0.2) is 0 Å². The molecule has 4 heterocycles. The fourth-order valence-corrected chi connectivity index (χ4v) is 3.71. The van der Waals surface area contributed by atoms with Crippen LogP contribution in [0.3, 0.4) is 0 Å². The number of amides is 1. The summed E-state index contributed by atoms with van der Waals surface area (Å²) in [5, 5.41) is 13.8. The topological polar surface area (TPSA) is 85.3 Å². The van der Waals surface area contributed by atoms with Crippen LogP contribution in [0.5, 0.6) is 0 Å². The third kappa shape index (κ3) is 2.35. The van der Waals surface area contributed by atoms with Gasteiger partial charge in [-0.25, -0.2) is 10.1 Å². The molecule has 4 aliphatic rings. The van der Waals surface area contributed by atoms with Crippen molar-refractivity contribution >= 4 is 29.4 Å². The Bertz CT molecular complexity index is 685. The van der Waals surface area contributed by atoms with Crippen molar-refractivity contribution in [3.05, 3.63) is 34.7 Å². The van der Waals surface area contributed by atoms with E-state index in [-0.39, 0.29) is 46.5 Å². The molecule has 1 amide bonds. The van der Waals surface area contributed by atoms with Gasteiger partial charge in [-0.15, -0.1) is 11.8 Å². The molecule has 0 bridgehead atoms. The Hall–Kier alpha value is -1.06. The van der Waals surface area contributed by atoms with Crippen LogP contribution in [-0.4, -0.2) is 46.1 Å².